The number of ether oxygens (including phenoxy) is 1. The Morgan fingerprint density at radius 2 is 1.97 bits per heavy atom. The zero-order valence-electron chi connectivity index (χ0n) is 17.0. The number of nitrogen functional groups attached to an aromatic ring is 1. The molecule has 7 nitrogen and oxygen atoms in total. The summed E-state index contributed by atoms with van der Waals surface area (Å²) < 4.78 is 20.7. The van der Waals surface area contributed by atoms with Crippen LogP contribution in [0.15, 0.2) is 12.4 Å². The van der Waals surface area contributed by atoms with Crippen LogP contribution in [0.2, 0.25) is 0 Å². The van der Waals surface area contributed by atoms with Crippen molar-refractivity contribution in [1.82, 2.24) is 15.0 Å². The molecule has 2 aliphatic rings. The quantitative estimate of drug-likeness (QED) is 0.452. The summed E-state index contributed by atoms with van der Waals surface area (Å²) >= 11 is 1.07. The molecule has 10 heteroatoms. The fraction of sp³-hybridized carbons (Fsp3) is 0.273. The number of nitrogens with zero attached hydrogens (tertiary/aromatic N) is 5. The number of nitrogens with two attached hydrogens (primary N) is 1. The SMILES string of the molecule is N#Cc1c(N)sc2c(F)cnc(-c3c4c(c5cnc(N6CCCC6)nc5c3P)COC4)c12. The molecule has 6 rings (SSSR count). The summed E-state index contributed by atoms with van der Waals surface area (Å²) in [6.45, 7) is 2.73. The van der Waals surface area contributed by atoms with Gasteiger partial charge in [-0.1, -0.05) is 0 Å². The van der Waals surface area contributed by atoms with E-state index in [1.807, 2.05) is 6.20 Å². The van der Waals surface area contributed by atoms with E-state index in [1.54, 1.807) is 0 Å². The van der Waals surface area contributed by atoms with Gasteiger partial charge in [0.05, 0.1) is 40.9 Å². The first-order valence-electron chi connectivity index (χ1n) is 10.3. The molecule has 4 aromatic rings. The maximum Gasteiger partial charge on any atom is 0.225 e. The maximum absolute atomic E-state index is 14.6. The Balaban J connectivity index is 1.70. The van der Waals surface area contributed by atoms with Crippen LogP contribution in [0.5, 0.6) is 0 Å². The minimum absolute atomic E-state index is 0.254. The second kappa shape index (κ2) is 7.31. The second-order valence-corrected chi connectivity index (χ2v) is 9.61. The monoisotopic (exact) mass is 464 g/mol. The summed E-state index contributed by atoms with van der Waals surface area (Å²) in [5.74, 6) is 0.220. The normalized spacial score (nSPS) is 15.6. The number of fused-ring (bicyclic) bond motifs is 4. The van der Waals surface area contributed by atoms with Gasteiger partial charge in [0.1, 0.15) is 11.1 Å². The van der Waals surface area contributed by atoms with Crippen molar-refractivity contribution in [3.05, 3.63) is 34.9 Å². The van der Waals surface area contributed by atoms with Gasteiger partial charge in [0.2, 0.25) is 5.95 Å². The van der Waals surface area contributed by atoms with Crippen molar-refractivity contribution in [1.29, 1.82) is 5.26 Å². The lowest BCUT2D eigenvalue weighted by Gasteiger charge is -2.19. The van der Waals surface area contributed by atoms with Crippen LogP contribution in [0.25, 0.3) is 32.2 Å². The summed E-state index contributed by atoms with van der Waals surface area (Å²) in [5, 5.41) is 12.2. The number of thiophene rings is 1. The third kappa shape index (κ3) is 2.73. The molecule has 0 saturated carbocycles. The minimum atomic E-state index is -0.486. The zero-order valence-corrected chi connectivity index (χ0v) is 19.0. The van der Waals surface area contributed by atoms with Gasteiger partial charge in [0.25, 0.3) is 0 Å². The van der Waals surface area contributed by atoms with E-state index in [-0.39, 0.29) is 10.6 Å². The first-order chi connectivity index (χ1) is 15.6. The van der Waals surface area contributed by atoms with Gasteiger partial charge in [-0.05, 0) is 24.0 Å². The van der Waals surface area contributed by atoms with Gasteiger partial charge in [-0.2, -0.15) is 5.26 Å². The predicted molar refractivity (Wildman–Crippen MR) is 127 cm³/mol. The lowest BCUT2D eigenvalue weighted by Crippen LogP contribution is -2.21. The first-order valence-corrected chi connectivity index (χ1v) is 11.7. The molecule has 3 aromatic heterocycles. The van der Waals surface area contributed by atoms with Crippen molar-refractivity contribution in [2.45, 2.75) is 26.1 Å². The topological polar surface area (TPSA) is 101 Å². The van der Waals surface area contributed by atoms with Gasteiger partial charge in [-0.3, -0.25) is 4.98 Å². The number of hydrogen-bond acceptors (Lipinski definition) is 8. The highest BCUT2D eigenvalue weighted by molar-refractivity contribution is 7.29. The highest BCUT2D eigenvalue weighted by Crippen LogP contribution is 2.43. The number of aromatic nitrogens is 3. The second-order valence-electron chi connectivity index (χ2n) is 7.98. The molecule has 160 valence electrons. The molecule has 0 amide bonds. The Morgan fingerprint density at radius 3 is 2.75 bits per heavy atom. The highest BCUT2D eigenvalue weighted by Gasteiger charge is 2.28. The molecule has 0 spiro atoms. The molecule has 2 N–H and O–H groups in total. The lowest BCUT2D eigenvalue weighted by atomic mass is 9.94. The number of benzene rings is 1. The molecule has 1 fully saturated rings. The Kier molecular flexibility index (Phi) is 4.51. The zero-order chi connectivity index (χ0) is 22.0. The molecule has 1 saturated heterocycles. The average molecular weight is 464 g/mol. The highest BCUT2D eigenvalue weighted by atomic mass is 32.1. The van der Waals surface area contributed by atoms with E-state index in [9.17, 15) is 9.65 Å². The average Bonchev–Trinajstić information content (AvgIpc) is 3.55. The Morgan fingerprint density at radius 1 is 1.19 bits per heavy atom. The van der Waals surface area contributed by atoms with Crippen molar-refractivity contribution in [3.8, 4) is 17.3 Å². The van der Waals surface area contributed by atoms with Crippen molar-refractivity contribution < 1.29 is 9.13 Å². The van der Waals surface area contributed by atoms with Gasteiger partial charge < -0.3 is 15.4 Å². The van der Waals surface area contributed by atoms with E-state index in [0.29, 0.717) is 34.9 Å². The van der Waals surface area contributed by atoms with Crippen LogP contribution >= 0.6 is 20.6 Å². The molecule has 0 aliphatic carbocycles. The van der Waals surface area contributed by atoms with Crippen LogP contribution in [-0.2, 0) is 18.0 Å². The summed E-state index contributed by atoms with van der Waals surface area (Å²) in [7, 11) is 2.78. The van der Waals surface area contributed by atoms with E-state index in [0.717, 1.165) is 70.2 Å². The molecule has 1 aromatic carbocycles. The van der Waals surface area contributed by atoms with Crippen molar-refractivity contribution in [2.24, 2.45) is 0 Å². The van der Waals surface area contributed by atoms with Crippen LogP contribution in [0.4, 0.5) is 15.3 Å². The molecule has 0 bridgehead atoms. The van der Waals surface area contributed by atoms with Crippen molar-refractivity contribution in [2.75, 3.05) is 23.7 Å². The van der Waals surface area contributed by atoms with E-state index < -0.39 is 5.82 Å². The van der Waals surface area contributed by atoms with Crippen LogP contribution < -0.4 is 15.9 Å². The Hall–Kier alpha value is -2.92. The van der Waals surface area contributed by atoms with Crippen LogP contribution in [0, 0.1) is 17.1 Å². The maximum atomic E-state index is 14.6. The van der Waals surface area contributed by atoms with E-state index in [2.05, 4.69) is 30.2 Å². The van der Waals surface area contributed by atoms with Gasteiger partial charge in [0, 0.05) is 40.9 Å². The fourth-order valence-corrected chi connectivity index (χ4v) is 6.15. The summed E-state index contributed by atoms with van der Waals surface area (Å²) in [6.07, 6.45) is 5.33. The summed E-state index contributed by atoms with van der Waals surface area (Å²) in [5.41, 5.74) is 10.4. The molecule has 32 heavy (non-hydrogen) atoms. The van der Waals surface area contributed by atoms with E-state index in [1.165, 1.54) is 6.20 Å². The largest absolute Gasteiger partial charge is 0.389 e. The third-order valence-electron chi connectivity index (χ3n) is 6.22. The molecular weight excluding hydrogens is 446 g/mol. The number of halogens is 1. The number of pyridine rings is 1. The number of anilines is 2. The first kappa shape index (κ1) is 19.7. The third-order valence-corrected chi connectivity index (χ3v) is 7.81. The summed E-state index contributed by atoms with van der Waals surface area (Å²) in [6, 6.07) is 2.13. The van der Waals surface area contributed by atoms with Crippen LogP contribution in [-0.4, -0.2) is 28.0 Å². The molecule has 1 atom stereocenters. The van der Waals surface area contributed by atoms with Gasteiger partial charge in [-0.25, -0.2) is 14.4 Å². The molecule has 5 heterocycles. The predicted octanol–water partition coefficient (Wildman–Crippen LogP) is 3.63. The molecule has 0 radical (unpaired) electrons. The summed E-state index contributed by atoms with van der Waals surface area (Å²) in [4.78, 5) is 16.2. The Labute approximate surface area is 189 Å². The van der Waals surface area contributed by atoms with E-state index >= 15 is 0 Å². The molecule has 2 aliphatic heterocycles. The molecule has 1 unspecified atom stereocenters. The smallest absolute Gasteiger partial charge is 0.225 e. The lowest BCUT2D eigenvalue weighted by molar-refractivity contribution is 0.135. The standard InChI is InChI=1S/C22H18FN6OPS/c23-14-7-26-18(16-10(5-24)21(25)32-20(14)16)15-13-9-30-8-12(13)11-6-27-22(28-17(11)19(15)31)29-3-1-2-4-29/h6-7H,1-4,8-9,25,31H2. The Bertz CT molecular complexity index is 1470. The molecular formula is C22H18FN6OPS. The van der Waals surface area contributed by atoms with Crippen molar-refractivity contribution >= 4 is 57.8 Å². The minimum Gasteiger partial charge on any atom is -0.389 e. The van der Waals surface area contributed by atoms with E-state index in [4.69, 9.17) is 15.5 Å². The number of nitriles is 1. The number of rotatable bonds is 2. The fourth-order valence-electron chi connectivity index (χ4n) is 4.70. The van der Waals surface area contributed by atoms with Gasteiger partial charge in [0.15, 0.2) is 5.82 Å². The van der Waals surface area contributed by atoms with Crippen LogP contribution in [0.3, 0.4) is 0 Å². The number of hydrogen-bond donors (Lipinski definition) is 1. The van der Waals surface area contributed by atoms with Crippen molar-refractivity contribution in [3.63, 3.8) is 0 Å². The van der Waals surface area contributed by atoms with Crippen LogP contribution in [0.1, 0.15) is 29.5 Å². The van der Waals surface area contributed by atoms with Gasteiger partial charge in [-0.15, -0.1) is 20.6 Å². The van der Waals surface area contributed by atoms with Gasteiger partial charge >= 0.3 is 0 Å².